The molecular formula is C18H15NO3. The molecule has 110 valence electrons. The average molecular weight is 293 g/mol. The Morgan fingerprint density at radius 3 is 2.27 bits per heavy atom. The van der Waals surface area contributed by atoms with E-state index in [1.807, 2.05) is 31.2 Å². The zero-order chi connectivity index (χ0) is 15.7. The number of carbonyl (C=O) groups excluding carboxylic acids is 1. The van der Waals surface area contributed by atoms with Crippen molar-refractivity contribution in [1.82, 2.24) is 4.57 Å². The molecule has 3 rings (SSSR count). The van der Waals surface area contributed by atoms with E-state index in [0.717, 1.165) is 5.56 Å². The Labute approximate surface area is 127 Å². The number of hydrogen-bond acceptors (Lipinski definition) is 3. The van der Waals surface area contributed by atoms with Gasteiger partial charge < -0.3 is 4.74 Å². The van der Waals surface area contributed by atoms with Crippen LogP contribution in [0, 0.1) is 6.92 Å². The van der Waals surface area contributed by atoms with Gasteiger partial charge in [-0.1, -0.05) is 35.9 Å². The Morgan fingerprint density at radius 2 is 1.64 bits per heavy atom. The van der Waals surface area contributed by atoms with Gasteiger partial charge in [0.15, 0.2) is 0 Å². The number of esters is 1. The summed E-state index contributed by atoms with van der Waals surface area (Å²) >= 11 is 0. The first-order valence-electron chi connectivity index (χ1n) is 6.91. The number of benzene rings is 2. The summed E-state index contributed by atoms with van der Waals surface area (Å²) in [7, 11) is 1.33. The summed E-state index contributed by atoms with van der Waals surface area (Å²) in [6.07, 6.45) is 1.54. The molecule has 0 unspecified atom stereocenters. The minimum atomic E-state index is -0.461. The SMILES string of the molecule is COC(=O)c1cn(-c2ccc(C)cc2)c(=O)c2ccccc12. The Balaban J connectivity index is 2.36. The lowest BCUT2D eigenvalue weighted by molar-refractivity contribution is 0.0602. The maximum Gasteiger partial charge on any atom is 0.340 e. The number of nitrogens with zero attached hydrogens (tertiary/aromatic N) is 1. The van der Waals surface area contributed by atoms with E-state index in [0.29, 0.717) is 22.0 Å². The lowest BCUT2D eigenvalue weighted by atomic mass is 10.1. The highest BCUT2D eigenvalue weighted by molar-refractivity contribution is 6.04. The number of rotatable bonds is 2. The van der Waals surface area contributed by atoms with Crippen LogP contribution in [0.1, 0.15) is 15.9 Å². The van der Waals surface area contributed by atoms with E-state index in [-0.39, 0.29) is 5.56 Å². The molecule has 2 aromatic carbocycles. The number of pyridine rings is 1. The predicted octanol–water partition coefficient (Wildman–Crippen LogP) is 3.09. The third kappa shape index (κ3) is 2.29. The third-order valence-electron chi connectivity index (χ3n) is 3.64. The van der Waals surface area contributed by atoms with Gasteiger partial charge in [-0.05, 0) is 25.1 Å². The number of methoxy groups -OCH3 is 1. The molecule has 22 heavy (non-hydrogen) atoms. The lowest BCUT2D eigenvalue weighted by Crippen LogP contribution is -2.20. The van der Waals surface area contributed by atoms with Crippen molar-refractivity contribution in [2.75, 3.05) is 7.11 Å². The number of hydrogen-bond donors (Lipinski definition) is 0. The number of fused-ring (bicyclic) bond motifs is 1. The second-order valence-corrected chi connectivity index (χ2v) is 5.09. The van der Waals surface area contributed by atoms with E-state index in [1.54, 1.807) is 30.5 Å². The molecular weight excluding hydrogens is 278 g/mol. The Kier molecular flexibility index (Phi) is 3.51. The molecule has 4 nitrogen and oxygen atoms in total. The van der Waals surface area contributed by atoms with Crippen LogP contribution in [-0.4, -0.2) is 17.6 Å². The number of carbonyl (C=O) groups is 1. The molecule has 0 amide bonds. The normalized spacial score (nSPS) is 10.6. The van der Waals surface area contributed by atoms with Crippen molar-refractivity contribution in [2.24, 2.45) is 0 Å². The Morgan fingerprint density at radius 1 is 1.00 bits per heavy atom. The van der Waals surface area contributed by atoms with Crippen molar-refractivity contribution in [2.45, 2.75) is 6.92 Å². The van der Waals surface area contributed by atoms with Crippen LogP contribution in [0.15, 0.2) is 59.5 Å². The fraction of sp³-hybridized carbons (Fsp3) is 0.111. The molecule has 3 aromatic rings. The fourth-order valence-electron chi connectivity index (χ4n) is 2.46. The third-order valence-corrected chi connectivity index (χ3v) is 3.64. The lowest BCUT2D eigenvalue weighted by Gasteiger charge is -2.11. The van der Waals surface area contributed by atoms with Crippen LogP contribution in [0.3, 0.4) is 0 Å². The molecule has 0 fully saturated rings. The van der Waals surface area contributed by atoms with Crippen LogP contribution in [0.5, 0.6) is 0 Å². The molecule has 0 atom stereocenters. The van der Waals surface area contributed by atoms with E-state index in [4.69, 9.17) is 4.74 Å². The molecule has 0 N–H and O–H groups in total. The molecule has 1 aromatic heterocycles. The van der Waals surface area contributed by atoms with Crippen LogP contribution in [0.4, 0.5) is 0 Å². The van der Waals surface area contributed by atoms with Gasteiger partial charge in [0.05, 0.1) is 12.7 Å². The van der Waals surface area contributed by atoms with Gasteiger partial charge in [0.2, 0.25) is 0 Å². The van der Waals surface area contributed by atoms with E-state index in [2.05, 4.69) is 0 Å². The van der Waals surface area contributed by atoms with Gasteiger partial charge in [0.25, 0.3) is 5.56 Å². The average Bonchev–Trinajstić information content (AvgIpc) is 2.56. The maximum absolute atomic E-state index is 12.7. The summed E-state index contributed by atoms with van der Waals surface area (Å²) in [6, 6.07) is 14.6. The van der Waals surface area contributed by atoms with E-state index in [1.165, 1.54) is 11.7 Å². The van der Waals surface area contributed by atoms with Gasteiger partial charge in [0.1, 0.15) is 0 Å². The highest BCUT2D eigenvalue weighted by Crippen LogP contribution is 2.18. The Bertz CT molecular complexity index is 908. The highest BCUT2D eigenvalue weighted by Gasteiger charge is 2.15. The summed E-state index contributed by atoms with van der Waals surface area (Å²) in [5, 5.41) is 1.09. The van der Waals surface area contributed by atoms with E-state index >= 15 is 0 Å². The number of aryl methyl sites for hydroxylation is 1. The van der Waals surface area contributed by atoms with Crippen molar-refractivity contribution >= 4 is 16.7 Å². The molecule has 0 saturated heterocycles. The van der Waals surface area contributed by atoms with Crippen LogP contribution < -0.4 is 5.56 Å². The summed E-state index contributed by atoms with van der Waals surface area (Å²) < 4.78 is 6.32. The van der Waals surface area contributed by atoms with E-state index in [9.17, 15) is 9.59 Å². The Hall–Kier alpha value is -2.88. The van der Waals surface area contributed by atoms with Crippen LogP contribution in [-0.2, 0) is 4.74 Å². The molecule has 0 aliphatic rings. The van der Waals surface area contributed by atoms with Crippen molar-refractivity contribution in [1.29, 1.82) is 0 Å². The molecule has 0 saturated carbocycles. The second-order valence-electron chi connectivity index (χ2n) is 5.09. The smallest absolute Gasteiger partial charge is 0.340 e. The second kappa shape index (κ2) is 5.48. The monoisotopic (exact) mass is 293 g/mol. The summed E-state index contributed by atoms with van der Waals surface area (Å²) in [5.74, 6) is -0.461. The quantitative estimate of drug-likeness (QED) is 0.682. The standard InChI is InChI=1S/C18H15NO3/c1-12-7-9-13(10-8-12)19-11-16(18(21)22-2)14-5-3-4-6-15(14)17(19)20/h3-11H,1-2H3. The largest absolute Gasteiger partial charge is 0.465 e. The van der Waals surface area contributed by atoms with Gasteiger partial charge in [-0.2, -0.15) is 0 Å². The zero-order valence-electron chi connectivity index (χ0n) is 12.4. The molecule has 1 heterocycles. The van der Waals surface area contributed by atoms with Gasteiger partial charge in [0, 0.05) is 22.7 Å². The van der Waals surface area contributed by atoms with Crippen molar-refractivity contribution in [3.05, 3.63) is 76.2 Å². The molecule has 0 radical (unpaired) electrons. The van der Waals surface area contributed by atoms with Crippen LogP contribution in [0.25, 0.3) is 16.5 Å². The zero-order valence-corrected chi connectivity index (χ0v) is 12.4. The minimum Gasteiger partial charge on any atom is -0.465 e. The molecule has 4 heteroatoms. The number of aromatic nitrogens is 1. The molecule has 0 bridgehead atoms. The van der Waals surface area contributed by atoms with Crippen LogP contribution >= 0.6 is 0 Å². The van der Waals surface area contributed by atoms with Gasteiger partial charge >= 0.3 is 5.97 Å². The first-order chi connectivity index (χ1) is 10.6. The number of ether oxygens (including phenoxy) is 1. The molecule has 0 aliphatic heterocycles. The molecule has 0 aliphatic carbocycles. The van der Waals surface area contributed by atoms with Gasteiger partial charge in [-0.3, -0.25) is 9.36 Å². The van der Waals surface area contributed by atoms with Gasteiger partial charge in [-0.25, -0.2) is 4.79 Å². The maximum atomic E-state index is 12.7. The van der Waals surface area contributed by atoms with Gasteiger partial charge in [-0.15, -0.1) is 0 Å². The molecule has 0 spiro atoms. The minimum absolute atomic E-state index is 0.160. The van der Waals surface area contributed by atoms with Crippen molar-refractivity contribution in [3.8, 4) is 5.69 Å². The van der Waals surface area contributed by atoms with E-state index < -0.39 is 5.97 Å². The predicted molar refractivity (Wildman–Crippen MR) is 85.6 cm³/mol. The summed E-state index contributed by atoms with van der Waals surface area (Å²) in [4.78, 5) is 24.7. The van der Waals surface area contributed by atoms with Crippen molar-refractivity contribution < 1.29 is 9.53 Å². The topological polar surface area (TPSA) is 48.3 Å². The van der Waals surface area contributed by atoms with Crippen molar-refractivity contribution in [3.63, 3.8) is 0 Å². The first kappa shape index (κ1) is 14.1. The van der Waals surface area contributed by atoms with Crippen LogP contribution in [0.2, 0.25) is 0 Å². The summed E-state index contributed by atoms with van der Waals surface area (Å²) in [5.41, 5.74) is 2.03. The fourth-order valence-corrected chi connectivity index (χ4v) is 2.46. The highest BCUT2D eigenvalue weighted by atomic mass is 16.5. The summed E-state index contributed by atoms with van der Waals surface area (Å²) in [6.45, 7) is 1.98. The first-order valence-corrected chi connectivity index (χ1v) is 6.91.